The highest BCUT2D eigenvalue weighted by molar-refractivity contribution is 5.98. The van der Waals surface area contributed by atoms with Gasteiger partial charge >= 0.3 is 0 Å². The maximum Gasteiger partial charge on any atom is 0.263 e. The number of carbonyl (C=O) groups is 2. The van der Waals surface area contributed by atoms with E-state index in [0.717, 1.165) is 5.69 Å². The Labute approximate surface area is 155 Å². The third kappa shape index (κ3) is 3.41. The molecule has 2 heterocycles. The molecule has 27 heavy (non-hydrogen) atoms. The summed E-state index contributed by atoms with van der Waals surface area (Å²) in [6, 6.07) is 3.61. The van der Waals surface area contributed by atoms with Crippen LogP contribution in [0.2, 0.25) is 0 Å². The predicted octanol–water partition coefficient (Wildman–Crippen LogP) is 2.09. The first-order valence-electron chi connectivity index (χ1n) is 8.63. The van der Waals surface area contributed by atoms with Gasteiger partial charge in [0.15, 0.2) is 0 Å². The lowest BCUT2D eigenvalue weighted by Gasteiger charge is -2.21. The first kappa shape index (κ1) is 18.9. The van der Waals surface area contributed by atoms with E-state index >= 15 is 0 Å². The number of alkyl halides is 2. The van der Waals surface area contributed by atoms with Gasteiger partial charge < -0.3 is 10.2 Å². The molecule has 0 radical (unpaired) electrons. The van der Waals surface area contributed by atoms with Crippen molar-refractivity contribution in [3.05, 3.63) is 36.4 Å². The van der Waals surface area contributed by atoms with Gasteiger partial charge in [-0.25, -0.2) is 13.5 Å². The number of pyridine rings is 1. The molecule has 2 aromatic rings. The average Bonchev–Trinajstić information content (AvgIpc) is 2.97. The number of nitrogens with one attached hydrogen (secondary N) is 1. The molecule has 0 aromatic carbocycles. The van der Waals surface area contributed by atoms with Gasteiger partial charge in [0.1, 0.15) is 5.41 Å². The molecular weight excluding hydrogens is 356 g/mol. The van der Waals surface area contributed by atoms with Crippen LogP contribution < -0.4 is 10.2 Å². The molecule has 2 amide bonds. The number of rotatable bonds is 6. The third-order valence-electron chi connectivity index (χ3n) is 4.85. The summed E-state index contributed by atoms with van der Waals surface area (Å²) in [5, 5.41) is 6.73. The lowest BCUT2D eigenvalue weighted by Crippen LogP contribution is -2.43. The molecule has 1 aliphatic rings. The van der Waals surface area contributed by atoms with Crippen LogP contribution in [0.3, 0.4) is 0 Å². The topological polar surface area (TPSA) is 80.1 Å². The summed E-state index contributed by atoms with van der Waals surface area (Å²) in [6.07, 6.45) is 4.50. The standard InChI is InChI=1S/C18H21F2N5O2/c1-4-24(15(26)9-22-16(27)17(3)11-18(17,19)20)14-10-25(23-12(14)2)13-6-5-7-21-8-13/h5-8,10H,4,9,11H2,1-3H3,(H,22,27). The zero-order valence-electron chi connectivity index (χ0n) is 15.4. The average molecular weight is 377 g/mol. The zero-order chi connectivity index (χ0) is 19.8. The fraction of sp³-hybridized carbons (Fsp3) is 0.444. The van der Waals surface area contributed by atoms with Gasteiger partial charge in [-0.15, -0.1) is 0 Å². The molecule has 0 spiro atoms. The molecule has 144 valence electrons. The molecule has 1 fully saturated rings. The molecule has 7 nitrogen and oxygen atoms in total. The summed E-state index contributed by atoms with van der Waals surface area (Å²) in [5.74, 6) is -4.21. The monoisotopic (exact) mass is 377 g/mol. The van der Waals surface area contributed by atoms with E-state index in [0.29, 0.717) is 17.9 Å². The Morgan fingerprint density at radius 3 is 2.67 bits per heavy atom. The normalized spacial score (nSPS) is 20.2. The highest BCUT2D eigenvalue weighted by atomic mass is 19.3. The number of anilines is 1. The number of amides is 2. The van der Waals surface area contributed by atoms with E-state index in [1.165, 1.54) is 11.8 Å². The van der Waals surface area contributed by atoms with Crippen LogP contribution in [-0.4, -0.2) is 45.6 Å². The van der Waals surface area contributed by atoms with Crippen molar-refractivity contribution < 1.29 is 18.4 Å². The van der Waals surface area contributed by atoms with Crippen molar-refractivity contribution in [1.29, 1.82) is 0 Å². The van der Waals surface area contributed by atoms with Gasteiger partial charge in [0.25, 0.3) is 5.92 Å². The van der Waals surface area contributed by atoms with Gasteiger partial charge in [0.2, 0.25) is 11.8 Å². The van der Waals surface area contributed by atoms with Crippen LogP contribution in [-0.2, 0) is 9.59 Å². The maximum atomic E-state index is 13.3. The molecule has 1 saturated carbocycles. The van der Waals surface area contributed by atoms with Gasteiger partial charge in [0.05, 0.1) is 36.0 Å². The number of carbonyl (C=O) groups excluding carboxylic acids is 2. The van der Waals surface area contributed by atoms with Gasteiger partial charge in [-0.2, -0.15) is 5.10 Å². The Balaban J connectivity index is 1.71. The fourth-order valence-electron chi connectivity index (χ4n) is 2.91. The first-order chi connectivity index (χ1) is 12.7. The van der Waals surface area contributed by atoms with Crippen LogP contribution in [0.25, 0.3) is 5.69 Å². The van der Waals surface area contributed by atoms with Crippen molar-refractivity contribution in [3.8, 4) is 5.69 Å². The Bertz CT molecular complexity index is 868. The molecule has 1 N–H and O–H groups in total. The molecule has 3 rings (SSSR count). The molecule has 9 heteroatoms. The van der Waals surface area contributed by atoms with Gasteiger partial charge in [-0.05, 0) is 32.9 Å². The second-order valence-electron chi connectivity index (χ2n) is 6.79. The third-order valence-corrected chi connectivity index (χ3v) is 4.85. The number of likely N-dealkylation sites (N-methyl/N-ethyl adjacent to an activating group) is 1. The van der Waals surface area contributed by atoms with Crippen LogP contribution in [0.5, 0.6) is 0 Å². The first-order valence-corrected chi connectivity index (χ1v) is 8.63. The minimum Gasteiger partial charge on any atom is -0.346 e. The zero-order valence-corrected chi connectivity index (χ0v) is 15.4. The Morgan fingerprint density at radius 1 is 1.41 bits per heavy atom. The Hall–Kier alpha value is -2.84. The van der Waals surface area contributed by atoms with Gasteiger partial charge in [-0.1, -0.05) is 0 Å². The van der Waals surface area contributed by atoms with Crippen molar-refractivity contribution in [2.45, 2.75) is 33.1 Å². The lowest BCUT2D eigenvalue weighted by molar-refractivity contribution is -0.131. The number of halogens is 2. The quantitative estimate of drug-likeness (QED) is 0.836. The van der Waals surface area contributed by atoms with Crippen molar-refractivity contribution in [1.82, 2.24) is 20.1 Å². The van der Waals surface area contributed by atoms with Gasteiger partial charge in [0, 0.05) is 19.2 Å². The van der Waals surface area contributed by atoms with Crippen molar-refractivity contribution in [2.24, 2.45) is 5.41 Å². The number of aromatic nitrogens is 3. The summed E-state index contributed by atoms with van der Waals surface area (Å²) in [6.45, 7) is 4.75. The van der Waals surface area contributed by atoms with E-state index in [1.807, 2.05) is 6.07 Å². The van der Waals surface area contributed by atoms with Crippen molar-refractivity contribution in [3.63, 3.8) is 0 Å². The predicted molar refractivity (Wildman–Crippen MR) is 94.8 cm³/mol. The second kappa shape index (κ2) is 6.71. The highest BCUT2D eigenvalue weighted by Gasteiger charge is 2.72. The van der Waals surface area contributed by atoms with E-state index < -0.39 is 29.6 Å². The molecule has 0 saturated heterocycles. The maximum absolute atomic E-state index is 13.3. The van der Waals surface area contributed by atoms with Crippen LogP contribution in [0.1, 0.15) is 26.0 Å². The highest BCUT2D eigenvalue weighted by Crippen LogP contribution is 2.60. The SMILES string of the molecule is CCN(C(=O)CNC(=O)C1(C)CC1(F)F)c1cn(-c2cccnc2)nc1C. The summed E-state index contributed by atoms with van der Waals surface area (Å²) in [4.78, 5) is 30.0. The summed E-state index contributed by atoms with van der Waals surface area (Å²) >= 11 is 0. The summed E-state index contributed by atoms with van der Waals surface area (Å²) in [7, 11) is 0. The number of aryl methyl sites for hydroxylation is 1. The smallest absolute Gasteiger partial charge is 0.263 e. The molecule has 0 aliphatic heterocycles. The van der Waals surface area contributed by atoms with Crippen LogP contribution in [0.15, 0.2) is 30.7 Å². The molecular formula is C18H21F2N5O2. The lowest BCUT2D eigenvalue weighted by atomic mass is 10.1. The summed E-state index contributed by atoms with van der Waals surface area (Å²) < 4.78 is 28.2. The number of nitrogens with zero attached hydrogens (tertiary/aromatic N) is 4. The fourth-order valence-corrected chi connectivity index (χ4v) is 2.91. The minimum absolute atomic E-state index is 0.349. The van der Waals surface area contributed by atoms with Crippen LogP contribution in [0.4, 0.5) is 14.5 Å². The molecule has 1 aliphatic carbocycles. The molecule has 1 atom stereocenters. The van der Waals surface area contributed by atoms with E-state index in [2.05, 4.69) is 15.4 Å². The Kier molecular flexibility index (Phi) is 4.71. The van der Waals surface area contributed by atoms with Gasteiger partial charge in [-0.3, -0.25) is 14.6 Å². The molecule has 2 aromatic heterocycles. The van der Waals surface area contributed by atoms with E-state index in [1.54, 1.807) is 43.2 Å². The van der Waals surface area contributed by atoms with Crippen molar-refractivity contribution >= 4 is 17.5 Å². The van der Waals surface area contributed by atoms with E-state index in [-0.39, 0.29) is 6.54 Å². The molecule has 0 bridgehead atoms. The van der Waals surface area contributed by atoms with Crippen molar-refractivity contribution in [2.75, 3.05) is 18.0 Å². The molecule has 1 unspecified atom stereocenters. The summed E-state index contributed by atoms with van der Waals surface area (Å²) in [5.41, 5.74) is 0.239. The van der Waals surface area contributed by atoms with Crippen LogP contribution in [0, 0.1) is 12.3 Å². The number of hydrogen-bond acceptors (Lipinski definition) is 4. The van der Waals surface area contributed by atoms with E-state index in [9.17, 15) is 18.4 Å². The second-order valence-corrected chi connectivity index (χ2v) is 6.79. The Morgan fingerprint density at radius 2 is 2.11 bits per heavy atom. The minimum atomic E-state index is -3.01. The largest absolute Gasteiger partial charge is 0.346 e. The van der Waals surface area contributed by atoms with E-state index in [4.69, 9.17) is 0 Å². The van der Waals surface area contributed by atoms with Crippen LogP contribution >= 0.6 is 0 Å². The number of hydrogen-bond donors (Lipinski definition) is 1.